The van der Waals surface area contributed by atoms with E-state index in [4.69, 9.17) is 23.2 Å². The number of rotatable bonds is 1. The largest absolute Gasteiger partial charge is 0.393 e. The maximum absolute atomic E-state index is 9.87. The second-order valence-corrected chi connectivity index (χ2v) is 5.56. The smallest absolute Gasteiger partial charge is 0.175 e. The van der Waals surface area contributed by atoms with Crippen LogP contribution in [-0.2, 0) is 0 Å². The standard InChI is InChI=1S/C11H13Cl2N3O/c12-10-3-8(11(13)15-14-10)16-4-6-1-2-9(17)7(6)5-16/h3,6-7,9,17H,1-2,4-5H2. The predicted octanol–water partition coefficient (Wildman–Crippen LogP) is 1.99. The van der Waals surface area contributed by atoms with E-state index >= 15 is 0 Å². The average Bonchev–Trinajstić information content (AvgIpc) is 2.85. The van der Waals surface area contributed by atoms with Crippen LogP contribution in [0.25, 0.3) is 0 Å². The summed E-state index contributed by atoms with van der Waals surface area (Å²) in [5.41, 5.74) is 0.827. The van der Waals surface area contributed by atoms with Crippen molar-refractivity contribution in [2.24, 2.45) is 11.8 Å². The Bertz CT molecular complexity index is 443. The van der Waals surface area contributed by atoms with Gasteiger partial charge in [0, 0.05) is 25.1 Å². The van der Waals surface area contributed by atoms with Crippen molar-refractivity contribution in [3.05, 3.63) is 16.4 Å². The molecule has 3 atom stereocenters. The van der Waals surface area contributed by atoms with Gasteiger partial charge in [-0.2, -0.15) is 0 Å². The third-order valence-corrected chi connectivity index (χ3v) is 4.31. The Kier molecular flexibility index (Phi) is 2.89. The summed E-state index contributed by atoms with van der Waals surface area (Å²) in [6.07, 6.45) is 1.84. The van der Waals surface area contributed by atoms with Crippen LogP contribution in [0.3, 0.4) is 0 Å². The summed E-state index contributed by atoms with van der Waals surface area (Å²) in [7, 11) is 0. The second kappa shape index (κ2) is 4.26. The number of anilines is 1. The summed E-state index contributed by atoms with van der Waals surface area (Å²) in [6, 6.07) is 1.74. The maximum atomic E-state index is 9.87. The lowest BCUT2D eigenvalue weighted by atomic mass is 10.00. The van der Waals surface area contributed by atoms with E-state index in [0.29, 0.717) is 22.1 Å². The summed E-state index contributed by atoms with van der Waals surface area (Å²) in [6.45, 7) is 1.75. The van der Waals surface area contributed by atoms with Gasteiger partial charge in [0.05, 0.1) is 11.8 Å². The van der Waals surface area contributed by atoms with E-state index in [-0.39, 0.29) is 6.10 Å². The second-order valence-electron chi connectivity index (χ2n) is 4.82. The van der Waals surface area contributed by atoms with Crippen molar-refractivity contribution in [1.82, 2.24) is 10.2 Å². The fourth-order valence-electron chi connectivity index (χ4n) is 3.00. The Hall–Kier alpha value is -0.580. The molecule has 2 aliphatic rings. The van der Waals surface area contributed by atoms with Gasteiger partial charge in [-0.3, -0.25) is 0 Å². The van der Waals surface area contributed by atoms with Crippen molar-refractivity contribution in [1.29, 1.82) is 0 Å². The van der Waals surface area contributed by atoms with E-state index in [0.717, 1.165) is 31.6 Å². The molecule has 1 aliphatic carbocycles. The number of nitrogens with zero attached hydrogens (tertiary/aromatic N) is 3. The van der Waals surface area contributed by atoms with Crippen molar-refractivity contribution in [3.63, 3.8) is 0 Å². The molecule has 1 saturated heterocycles. The van der Waals surface area contributed by atoms with E-state index in [9.17, 15) is 5.11 Å². The Labute approximate surface area is 110 Å². The number of hydrogen-bond donors (Lipinski definition) is 1. The Balaban J connectivity index is 1.85. The third-order valence-electron chi connectivity index (χ3n) is 3.86. The van der Waals surface area contributed by atoms with E-state index in [2.05, 4.69) is 15.1 Å². The molecule has 0 aromatic carbocycles. The molecule has 2 heterocycles. The zero-order valence-corrected chi connectivity index (χ0v) is 10.7. The normalized spacial score (nSPS) is 31.9. The molecule has 2 fully saturated rings. The molecule has 0 radical (unpaired) electrons. The molecule has 4 nitrogen and oxygen atoms in total. The van der Waals surface area contributed by atoms with Crippen LogP contribution < -0.4 is 4.90 Å². The number of hydrogen-bond acceptors (Lipinski definition) is 4. The van der Waals surface area contributed by atoms with Crippen molar-refractivity contribution in [2.45, 2.75) is 18.9 Å². The molecule has 1 aromatic heterocycles. The highest BCUT2D eigenvalue weighted by molar-refractivity contribution is 6.33. The molecule has 0 bridgehead atoms. The van der Waals surface area contributed by atoms with Gasteiger partial charge in [-0.15, -0.1) is 10.2 Å². The minimum absolute atomic E-state index is 0.172. The first-order chi connectivity index (χ1) is 8.15. The number of fused-ring (bicyclic) bond motifs is 1. The number of aliphatic hydroxyl groups excluding tert-OH is 1. The van der Waals surface area contributed by atoms with Crippen molar-refractivity contribution >= 4 is 28.9 Å². The van der Waals surface area contributed by atoms with Crippen LogP contribution in [0.4, 0.5) is 5.69 Å². The van der Waals surface area contributed by atoms with Gasteiger partial charge in [-0.1, -0.05) is 23.2 Å². The molecule has 0 amide bonds. The van der Waals surface area contributed by atoms with Crippen LogP contribution in [-0.4, -0.2) is 34.5 Å². The number of aromatic nitrogens is 2. The summed E-state index contributed by atoms with van der Waals surface area (Å²) in [4.78, 5) is 2.15. The average molecular weight is 274 g/mol. The number of halogens is 2. The van der Waals surface area contributed by atoms with Gasteiger partial charge < -0.3 is 10.0 Å². The highest BCUT2D eigenvalue weighted by Gasteiger charge is 2.42. The molecule has 1 aromatic rings. The monoisotopic (exact) mass is 273 g/mol. The molecule has 3 unspecified atom stereocenters. The van der Waals surface area contributed by atoms with Gasteiger partial charge in [-0.05, 0) is 18.8 Å². The summed E-state index contributed by atoms with van der Waals surface area (Å²) in [5, 5.41) is 18.1. The molecule has 17 heavy (non-hydrogen) atoms. The quantitative estimate of drug-likeness (QED) is 0.850. The van der Waals surface area contributed by atoms with Gasteiger partial charge >= 0.3 is 0 Å². The predicted molar refractivity (Wildman–Crippen MR) is 66.5 cm³/mol. The fraction of sp³-hybridized carbons (Fsp3) is 0.636. The minimum atomic E-state index is -0.172. The minimum Gasteiger partial charge on any atom is -0.393 e. The van der Waals surface area contributed by atoms with Crippen LogP contribution in [0.1, 0.15) is 12.8 Å². The molecular formula is C11H13Cl2N3O. The van der Waals surface area contributed by atoms with Crippen molar-refractivity contribution < 1.29 is 5.11 Å². The number of aliphatic hydroxyl groups is 1. The lowest BCUT2D eigenvalue weighted by Crippen LogP contribution is -2.24. The lowest BCUT2D eigenvalue weighted by molar-refractivity contribution is 0.133. The van der Waals surface area contributed by atoms with E-state index in [1.807, 2.05) is 0 Å². The highest BCUT2D eigenvalue weighted by atomic mass is 35.5. The molecule has 6 heteroatoms. The topological polar surface area (TPSA) is 49.2 Å². The van der Waals surface area contributed by atoms with Gasteiger partial charge in [-0.25, -0.2) is 0 Å². The molecule has 3 rings (SSSR count). The molecule has 1 aliphatic heterocycles. The summed E-state index contributed by atoms with van der Waals surface area (Å²) < 4.78 is 0. The zero-order valence-electron chi connectivity index (χ0n) is 9.18. The van der Waals surface area contributed by atoms with Gasteiger partial charge in [0.2, 0.25) is 0 Å². The van der Waals surface area contributed by atoms with Crippen LogP contribution in [0.15, 0.2) is 6.07 Å². The van der Waals surface area contributed by atoms with Gasteiger partial charge in [0.1, 0.15) is 0 Å². The highest BCUT2D eigenvalue weighted by Crippen LogP contribution is 2.41. The first kappa shape index (κ1) is 11.5. The molecular weight excluding hydrogens is 261 g/mol. The molecule has 0 spiro atoms. The van der Waals surface area contributed by atoms with Crippen molar-refractivity contribution in [3.8, 4) is 0 Å². The fourth-order valence-corrected chi connectivity index (χ4v) is 3.35. The van der Waals surface area contributed by atoms with Crippen LogP contribution in [0.2, 0.25) is 10.3 Å². The van der Waals surface area contributed by atoms with Crippen LogP contribution in [0.5, 0.6) is 0 Å². The van der Waals surface area contributed by atoms with Crippen molar-refractivity contribution in [2.75, 3.05) is 18.0 Å². The van der Waals surface area contributed by atoms with E-state index in [1.54, 1.807) is 6.07 Å². The first-order valence-electron chi connectivity index (χ1n) is 5.77. The summed E-state index contributed by atoms with van der Waals surface area (Å²) >= 11 is 11.9. The Morgan fingerprint density at radius 1 is 1.24 bits per heavy atom. The maximum Gasteiger partial charge on any atom is 0.175 e. The SMILES string of the molecule is OC1CCC2CN(c3cc(Cl)nnc3Cl)CC12. The first-order valence-corrected chi connectivity index (χ1v) is 6.52. The third kappa shape index (κ3) is 1.98. The Morgan fingerprint density at radius 2 is 2.06 bits per heavy atom. The van der Waals surface area contributed by atoms with Gasteiger partial charge in [0.15, 0.2) is 10.3 Å². The van der Waals surface area contributed by atoms with Gasteiger partial charge in [0.25, 0.3) is 0 Å². The van der Waals surface area contributed by atoms with Crippen LogP contribution >= 0.6 is 23.2 Å². The molecule has 1 N–H and O–H groups in total. The lowest BCUT2D eigenvalue weighted by Gasteiger charge is -2.20. The molecule has 1 saturated carbocycles. The van der Waals surface area contributed by atoms with E-state index < -0.39 is 0 Å². The van der Waals surface area contributed by atoms with Crippen LogP contribution in [0, 0.1) is 11.8 Å². The van der Waals surface area contributed by atoms with E-state index in [1.165, 1.54) is 0 Å². The molecule has 92 valence electrons. The Morgan fingerprint density at radius 3 is 2.82 bits per heavy atom. The summed E-state index contributed by atoms with van der Waals surface area (Å²) in [5.74, 6) is 0.922. The zero-order chi connectivity index (χ0) is 12.0.